The van der Waals surface area contributed by atoms with Crippen molar-refractivity contribution in [3.63, 3.8) is 0 Å². The average molecular weight is 369 g/mol. The molecule has 0 aliphatic rings. The van der Waals surface area contributed by atoms with E-state index < -0.39 is 0 Å². The van der Waals surface area contributed by atoms with Crippen molar-refractivity contribution in [1.29, 1.82) is 0 Å². The standard InChI is InChI=1S/C17H19BrClNO/c1-4-20-12(3)13-6-8-16(15(18)9-13)21-17-10-14(19)7-5-11(17)2/h5-10,12,20H,4H2,1-3H3. The van der Waals surface area contributed by atoms with E-state index in [1.807, 2.05) is 31.2 Å². The third kappa shape index (κ3) is 4.22. The van der Waals surface area contributed by atoms with Crippen LogP contribution in [0.3, 0.4) is 0 Å². The zero-order valence-corrected chi connectivity index (χ0v) is 14.8. The lowest BCUT2D eigenvalue weighted by Gasteiger charge is -2.15. The zero-order valence-electron chi connectivity index (χ0n) is 12.4. The Kier molecular flexibility index (Phi) is 5.68. The van der Waals surface area contributed by atoms with Crippen molar-refractivity contribution in [3.05, 3.63) is 57.0 Å². The monoisotopic (exact) mass is 367 g/mol. The van der Waals surface area contributed by atoms with Crippen LogP contribution in [0.2, 0.25) is 5.02 Å². The molecular weight excluding hydrogens is 350 g/mol. The van der Waals surface area contributed by atoms with Crippen molar-refractivity contribution in [2.75, 3.05) is 6.54 Å². The van der Waals surface area contributed by atoms with Gasteiger partial charge in [-0.1, -0.05) is 30.7 Å². The predicted molar refractivity (Wildman–Crippen MR) is 92.5 cm³/mol. The van der Waals surface area contributed by atoms with E-state index in [1.165, 1.54) is 5.56 Å². The molecule has 4 heteroatoms. The number of nitrogens with one attached hydrogen (secondary N) is 1. The van der Waals surface area contributed by atoms with Gasteiger partial charge in [-0.25, -0.2) is 0 Å². The molecule has 0 amide bonds. The average Bonchev–Trinajstić information content (AvgIpc) is 2.45. The van der Waals surface area contributed by atoms with Crippen LogP contribution in [0.5, 0.6) is 11.5 Å². The first-order chi connectivity index (χ1) is 10.0. The van der Waals surface area contributed by atoms with Gasteiger partial charge in [0.15, 0.2) is 0 Å². The molecule has 0 saturated carbocycles. The number of benzene rings is 2. The molecule has 0 aliphatic carbocycles. The summed E-state index contributed by atoms with van der Waals surface area (Å²) >= 11 is 9.61. The van der Waals surface area contributed by atoms with Crippen LogP contribution in [0.15, 0.2) is 40.9 Å². The maximum absolute atomic E-state index is 6.02. The highest BCUT2D eigenvalue weighted by Gasteiger charge is 2.10. The fraction of sp³-hybridized carbons (Fsp3) is 0.294. The molecule has 2 nitrogen and oxygen atoms in total. The first-order valence-corrected chi connectivity index (χ1v) is 8.15. The lowest BCUT2D eigenvalue weighted by Crippen LogP contribution is -2.17. The maximum atomic E-state index is 6.02. The van der Waals surface area contributed by atoms with Crippen LogP contribution in [0.1, 0.15) is 31.0 Å². The van der Waals surface area contributed by atoms with Gasteiger partial charge in [0.1, 0.15) is 11.5 Å². The summed E-state index contributed by atoms with van der Waals surface area (Å²) in [6, 6.07) is 12.1. The van der Waals surface area contributed by atoms with E-state index in [-0.39, 0.29) is 0 Å². The van der Waals surface area contributed by atoms with Crippen molar-refractivity contribution < 1.29 is 4.74 Å². The Morgan fingerprint density at radius 3 is 2.62 bits per heavy atom. The van der Waals surface area contributed by atoms with E-state index in [0.717, 1.165) is 28.1 Å². The molecule has 0 radical (unpaired) electrons. The molecule has 0 aromatic heterocycles. The van der Waals surface area contributed by atoms with Crippen LogP contribution in [-0.4, -0.2) is 6.54 Å². The van der Waals surface area contributed by atoms with Gasteiger partial charge < -0.3 is 10.1 Å². The zero-order chi connectivity index (χ0) is 15.4. The summed E-state index contributed by atoms with van der Waals surface area (Å²) < 4.78 is 6.90. The summed E-state index contributed by atoms with van der Waals surface area (Å²) in [6.07, 6.45) is 0. The molecule has 0 bridgehead atoms. The second-order valence-electron chi connectivity index (χ2n) is 4.98. The third-order valence-electron chi connectivity index (χ3n) is 3.34. The van der Waals surface area contributed by atoms with Crippen molar-refractivity contribution in [2.24, 2.45) is 0 Å². The summed E-state index contributed by atoms with van der Waals surface area (Å²) in [6.45, 7) is 7.19. The third-order valence-corrected chi connectivity index (χ3v) is 4.19. The molecule has 0 spiro atoms. The predicted octanol–water partition coefficient (Wildman–Crippen LogP) is 5.87. The van der Waals surface area contributed by atoms with Crippen LogP contribution in [0, 0.1) is 6.92 Å². The van der Waals surface area contributed by atoms with Crippen LogP contribution < -0.4 is 10.1 Å². The topological polar surface area (TPSA) is 21.3 Å². The SMILES string of the molecule is CCNC(C)c1ccc(Oc2cc(Cl)ccc2C)c(Br)c1. The van der Waals surface area contributed by atoms with Gasteiger partial charge in [0.05, 0.1) is 4.47 Å². The van der Waals surface area contributed by atoms with Gasteiger partial charge in [0.2, 0.25) is 0 Å². The molecule has 1 unspecified atom stereocenters. The first kappa shape index (κ1) is 16.3. The summed E-state index contributed by atoms with van der Waals surface area (Å²) in [7, 11) is 0. The van der Waals surface area contributed by atoms with Gasteiger partial charge in [-0.15, -0.1) is 0 Å². The van der Waals surface area contributed by atoms with Crippen molar-refractivity contribution in [3.8, 4) is 11.5 Å². The Hall–Kier alpha value is -1.03. The highest BCUT2D eigenvalue weighted by atomic mass is 79.9. The van der Waals surface area contributed by atoms with E-state index >= 15 is 0 Å². The highest BCUT2D eigenvalue weighted by molar-refractivity contribution is 9.10. The summed E-state index contributed by atoms with van der Waals surface area (Å²) in [5.74, 6) is 1.56. The van der Waals surface area contributed by atoms with Crippen molar-refractivity contribution in [1.82, 2.24) is 5.32 Å². The summed E-state index contributed by atoms with van der Waals surface area (Å²) in [4.78, 5) is 0. The Balaban J connectivity index is 2.23. The molecule has 0 saturated heterocycles. The first-order valence-electron chi connectivity index (χ1n) is 6.98. The molecule has 0 aliphatic heterocycles. The van der Waals surface area contributed by atoms with Crippen molar-refractivity contribution in [2.45, 2.75) is 26.8 Å². The molecule has 0 fully saturated rings. The second-order valence-corrected chi connectivity index (χ2v) is 6.27. The fourth-order valence-electron chi connectivity index (χ4n) is 2.10. The van der Waals surface area contributed by atoms with Gasteiger partial charge in [-0.2, -0.15) is 0 Å². The molecule has 2 rings (SSSR count). The van der Waals surface area contributed by atoms with Gasteiger partial charge in [-0.05, 0) is 71.7 Å². The van der Waals surface area contributed by atoms with Crippen LogP contribution >= 0.6 is 27.5 Å². The Morgan fingerprint density at radius 2 is 1.95 bits per heavy atom. The minimum absolute atomic E-state index is 0.313. The molecular formula is C17H19BrClNO. The molecule has 112 valence electrons. The fourth-order valence-corrected chi connectivity index (χ4v) is 2.74. The van der Waals surface area contributed by atoms with Gasteiger partial charge in [0, 0.05) is 11.1 Å². The van der Waals surface area contributed by atoms with E-state index in [0.29, 0.717) is 11.1 Å². The molecule has 0 heterocycles. The van der Waals surface area contributed by atoms with E-state index in [4.69, 9.17) is 16.3 Å². The lowest BCUT2D eigenvalue weighted by atomic mass is 10.1. The number of aryl methyl sites for hydroxylation is 1. The number of halogens is 2. The van der Waals surface area contributed by atoms with E-state index in [9.17, 15) is 0 Å². The van der Waals surface area contributed by atoms with Gasteiger partial charge in [0.25, 0.3) is 0 Å². The number of ether oxygens (including phenoxy) is 1. The Morgan fingerprint density at radius 1 is 1.19 bits per heavy atom. The Bertz CT molecular complexity index is 630. The molecule has 21 heavy (non-hydrogen) atoms. The summed E-state index contributed by atoms with van der Waals surface area (Å²) in [5.41, 5.74) is 2.27. The highest BCUT2D eigenvalue weighted by Crippen LogP contribution is 2.34. The van der Waals surface area contributed by atoms with Crippen LogP contribution in [0.25, 0.3) is 0 Å². The van der Waals surface area contributed by atoms with Crippen molar-refractivity contribution >= 4 is 27.5 Å². The van der Waals surface area contributed by atoms with Crippen LogP contribution in [-0.2, 0) is 0 Å². The molecule has 2 aromatic carbocycles. The molecule has 2 aromatic rings. The Labute approximate surface area is 139 Å². The summed E-state index contributed by atoms with van der Waals surface area (Å²) in [5, 5.41) is 4.07. The van der Waals surface area contributed by atoms with E-state index in [2.05, 4.69) is 47.2 Å². The number of hydrogen-bond acceptors (Lipinski definition) is 2. The van der Waals surface area contributed by atoms with E-state index in [1.54, 1.807) is 0 Å². The largest absolute Gasteiger partial charge is 0.456 e. The minimum atomic E-state index is 0.313. The van der Waals surface area contributed by atoms with Gasteiger partial charge in [-0.3, -0.25) is 0 Å². The number of rotatable bonds is 5. The normalized spacial score (nSPS) is 12.2. The lowest BCUT2D eigenvalue weighted by molar-refractivity contribution is 0.475. The molecule has 1 N–H and O–H groups in total. The maximum Gasteiger partial charge on any atom is 0.141 e. The van der Waals surface area contributed by atoms with Crippen LogP contribution in [0.4, 0.5) is 0 Å². The van der Waals surface area contributed by atoms with Gasteiger partial charge >= 0.3 is 0 Å². The molecule has 1 atom stereocenters. The minimum Gasteiger partial charge on any atom is -0.456 e. The number of hydrogen-bond donors (Lipinski definition) is 1. The quantitative estimate of drug-likeness (QED) is 0.712. The smallest absolute Gasteiger partial charge is 0.141 e. The second kappa shape index (κ2) is 7.30.